The molecule has 0 bridgehead atoms. The van der Waals surface area contributed by atoms with E-state index in [0.29, 0.717) is 0 Å². The molecule has 1 aromatic carbocycles. The van der Waals surface area contributed by atoms with Gasteiger partial charge in [-0.05, 0) is 25.5 Å². The first-order valence-corrected chi connectivity index (χ1v) is 7.28. The Bertz CT molecular complexity index is 595. The second-order valence-corrected chi connectivity index (χ2v) is 6.56. The van der Waals surface area contributed by atoms with Crippen LogP contribution in [0.4, 0.5) is 13.2 Å². The Balaban J connectivity index is 2.56. The molecule has 0 amide bonds. The lowest BCUT2D eigenvalue weighted by Crippen LogP contribution is -2.43. The van der Waals surface area contributed by atoms with E-state index in [0.717, 1.165) is 5.56 Å². The van der Waals surface area contributed by atoms with Gasteiger partial charge in [-0.2, -0.15) is 13.2 Å². The van der Waals surface area contributed by atoms with Crippen molar-refractivity contribution in [3.05, 3.63) is 29.3 Å². The van der Waals surface area contributed by atoms with Crippen LogP contribution in [0.1, 0.15) is 30.4 Å². The number of sulfonamides is 1. The predicted molar refractivity (Wildman–Crippen MR) is 64.4 cm³/mol. The standard InChI is InChI=1S/C12H14F3NO2S/c1-7-3-4-11-9(5-7)10(6-12(13,14)15)8(2)16-19(11,17)18/h3-5,8,10,16H,6H2,1-2H3/t8?,10-/m0/s1. The molecule has 2 atom stereocenters. The molecule has 1 aliphatic heterocycles. The summed E-state index contributed by atoms with van der Waals surface area (Å²) in [5.41, 5.74) is 0.999. The molecule has 7 heteroatoms. The molecule has 1 aliphatic rings. The molecule has 1 unspecified atom stereocenters. The van der Waals surface area contributed by atoms with E-state index in [1.54, 1.807) is 13.0 Å². The fourth-order valence-corrected chi connectivity index (χ4v) is 3.95. The Morgan fingerprint density at radius 1 is 1.32 bits per heavy atom. The highest BCUT2D eigenvalue weighted by Gasteiger charge is 2.41. The maximum absolute atomic E-state index is 12.6. The van der Waals surface area contributed by atoms with Gasteiger partial charge in [0.2, 0.25) is 10.0 Å². The van der Waals surface area contributed by atoms with Gasteiger partial charge >= 0.3 is 6.18 Å². The van der Waals surface area contributed by atoms with Gasteiger partial charge in [0, 0.05) is 12.0 Å². The van der Waals surface area contributed by atoms with E-state index in [-0.39, 0.29) is 10.5 Å². The van der Waals surface area contributed by atoms with E-state index in [4.69, 9.17) is 0 Å². The van der Waals surface area contributed by atoms with Crippen LogP contribution in [-0.2, 0) is 10.0 Å². The van der Waals surface area contributed by atoms with Gasteiger partial charge < -0.3 is 0 Å². The summed E-state index contributed by atoms with van der Waals surface area (Å²) in [5, 5.41) is 0. The summed E-state index contributed by atoms with van der Waals surface area (Å²) < 4.78 is 64.0. The van der Waals surface area contributed by atoms with Crippen molar-refractivity contribution in [2.45, 2.75) is 43.3 Å². The van der Waals surface area contributed by atoms with E-state index in [1.807, 2.05) is 0 Å². The third kappa shape index (κ3) is 2.92. The highest BCUT2D eigenvalue weighted by atomic mass is 32.2. The first kappa shape index (κ1) is 14.3. The van der Waals surface area contributed by atoms with Crippen molar-refractivity contribution in [1.29, 1.82) is 0 Å². The van der Waals surface area contributed by atoms with Gasteiger partial charge in [0.1, 0.15) is 0 Å². The third-order valence-corrected chi connectivity index (χ3v) is 4.88. The topological polar surface area (TPSA) is 46.2 Å². The normalized spacial score (nSPS) is 25.9. The van der Waals surface area contributed by atoms with Gasteiger partial charge in [0.25, 0.3) is 0 Å². The number of rotatable bonds is 1. The molecule has 106 valence electrons. The Hall–Kier alpha value is -1.08. The molecule has 1 aromatic rings. The van der Waals surface area contributed by atoms with Crippen molar-refractivity contribution in [3.8, 4) is 0 Å². The Morgan fingerprint density at radius 3 is 2.53 bits per heavy atom. The summed E-state index contributed by atoms with van der Waals surface area (Å²) >= 11 is 0. The van der Waals surface area contributed by atoms with Crippen molar-refractivity contribution < 1.29 is 21.6 Å². The quantitative estimate of drug-likeness (QED) is 0.865. The fraction of sp³-hybridized carbons (Fsp3) is 0.500. The minimum Gasteiger partial charge on any atom is -0.208 e. The first-order chi connectivity index (χ1) is 8.60. The van der Waals surface area contributed by atoms with E-state index in [9.17, 15) is 21.6 Å². The molecular weight excluding hydrogens is 279 g/mol. The number of aryl methyl sites for hydroxylation is 1. The minimum atomic E-state index is -4.33. The molecular formula is C12H14F3NO2S. The highest BCUT2D eigenvalue weighted by molar-refractivity contribution is 7.89. The summed E-state index contributed by atoms with van der Waals surface area (Å²) in [4.78, 5) is -0.0505. The number of benzene rings is 1. The van der Waals surface area contributed by atoms with E-state index >= 15 is 0 Å². The van der Waals surface area contributed by atoms with Crippen LogP contribution in [0.25, 0.3) is 0 Å². The van der Waals surface area contributed by atoms with Crippen LogP contribution >= 0.6 is 0 Å². The zero-order chi connectivity index (χ0) is 14.4. The van der Waals surface area contributed by atoms with Gasteiger partial charge in [-0.15, -0.1) is 0 Å². The summed E-state index contributed by atoms with van der Waals surface area (Å²) in [7, 11) is -3.71. The van der Waals surface area contributed by atoms with Crippen LogP contribution in [0.15, 0.2) is 23.1 Å². The van der Waals surface area contributed by atoms with Crippen LogP contribution in [0.5, 0.6) is 0 Å². The maximum Gasteiger partial charge on any atom is 0.389 e. The van der Waals surface area contributed by atoms with Crippen molar-refractivity contribution in [3.63, 3.8) is 0 Å². The van der Waals surface area contributed by atoms with E-state index in [2.05, 4.69) is 4.72 Å². The lowest BCUT2D eigenvalue weighted by Gasteiger charge is -2.32. The summed E-state index contributed by atoms with van der Waals surface area (Å²) in [6.45, 7) is 3.18. The van der Waals surface area contributed by atoms with Crippen molar-refractivity contribution in [1.82, 2.24) is 4.72 Å². The number of alkyl halides is 3. The number of nitrogens with one attached hydrogen (secondary N) is 1. The molecule has 0 saturated carbocycles. The number of halogens is 3. The van der Waals surface area contributed by atoms with E-state index < -0.39 is 34.6 Å². The molecule has 3 nitrogen and oxygen atoms in total. The van der Waals surface area contributed by atoms with E-state index in [1.165, 1.54) is 19.1 Å². The second-order valence-electron chi connectivity index (χ2n) is 4.88. The van der Waals surface area contributed by atoms with Crippen LogP contribution in [-0.4, -0.2) is 20.6 Å². The molecule has 2 rings (SSSR count). The second kappa shape index (κ2) is 4.49. The molecule has 19 heavy (non-hydrogen) atoms. The zero-order valence-electron chi connectivity index (χ0n) is 10.5. The Kier molecular flexibility index (Phi) is 3.38. The average molecular weight is 293 g/mol. The summed E-state index contributed by atoms with van der Waals surface area (Å²) in [6, 6.07) is 3.70. The third-order valence-electron chi connectivity index (χ3n) is 3.25. The Labute approximate surface area is 109 Å². The van der Waals surface area contributed by atoms with Crippen molar-refractivity contribution >= 4 is 10.0 Å². The van der Waals surface area contributed by atoms with Gasteiger partial charge in [-0.1, -0.05) is 17.7 Å². The monoisotopic (exact) mass is 293 g/mol. The highest BCUT2D eigenvalue weighted by Crippen LogP contribution is 2.39. The van der Waals surface area contributed by atoms with Gasteiger partial charge in [-0.3, -0.25) is 0 Å². The smallest absolute Gasteiger partial charge is 0.208 e. The zero-order valence-corrected chi connectivity index (χ0v) is 11.3. The van der Waals surface area contributed by atoms with Crippen LogP contribution in [0.2, 0.25) is 0 Å². The van der Waals surface area contributed by atoms with Gasteiger partial charge in [0.15, 0.2) is 0 Å². The summed E-state index contributed by atoms with van der Waals surface area (Å²) in [6.07, 6.45) is -5.37. The minimum absolute atomic E-state index is 0.0505. The number of fused-ring (bicyclic) bond motifs is 1. The molecule has 0 spiro atoms. The number of hydrogen-bond acceptors (Lipinski definition) is 2. The average Bonchev–Trinajstić information content (AvgIpc) is 2.21. The fourth-order valence-electron chi connectivity index (χ4n) is 2.40. The van der Waals surface area contributed by atoms with Crippen LogP contribution in [0.3, 0.4) is 0 Å². The molecule has 0 saturated heterocycles. The molecule has 0 radical (unpaired) electrons. The summed E-state index contributed by atoms with van der Waals surface area (Å²) in [5.74, 6) is -0.890. The molecule has 1 heterocycles. The van der Waals surface area contributed by atoms with Gasteiger partial charge in [-0.25, -0.2) is 13.1 Å². The van der Waals surface area contributed by atoms with Gasteiger partial charge in [0.05, 0.1) is 11.3 Å². The van der Waals surface area contributed by atoms with Crippen molar-refractivity contribution in [2.75, 3.05) is 0 Å². The largest absolute Gasteiger partial charge is 0.389 e. The van der Waals surface area contributed by atoms with Crippen LogP contribution in [0, 0.1) is 6.92 Å². The maximum atomic E-state index is 12.6. The SMILES string of the molecule is Cc1ccc2c(c1)[C@@H](CC(F)(F)F)C(C)NS2(=O)=O. The molecule has 1 N–H and O–H groups in total. The predicted octanol–water partition coefficient (Wildman–Crippen LogP) is 2.71. The van der Waals surface area contributed by atoms with Crippen molar-refractivity contribution in [2.24, 2.45) is 0 Å². The lowest BCUT2D eigenvalue weighted by molar-refractivity contribution is -0.140. The molecule has 0 aliphatic carbocycles. The Morgan fingerprint density at radius 2 is 1.95 bits per heavy atom. The number of hydrogen-bond donors (Lipinski definition) is 1. The lowest BCUT2D eigenvalue weighted by atomic mass is 9.88. The van der Waals surface area contributed by atoms with Crippen LogP contribution < -0.4 is 4.72 Å². The first-order valence-electron chi connectivity index (χ1n) is 5.80. The molecule has 0 fully saturated rings. The molecule has 0 aromatic heterocycles.